The molecule has 0 saturated heterocycles. The van der Waals surface area contributed by atoms with Gasteiger partial charge in [0.2, 0.25) is 0 Å². The first kappa shape index (κ1) is 13.3. The quantitative estimate of drug-likeness (QED) is 0.726. The normalized spacial score (nSPS) is 13.9. The molecule has 0 aliphatic carbocycles. The smallest absolute Gasteiger partial charge is 0.273 e. The lowest BCUT2D eigenvalue weighted by Gasteiger charge is -2.28. The first-order chi connectivity index (χ1) is 10.8. The van der Waals surface area contributed by atoms with Crippen LogP contribution in [0.5, 0.6) is 0 Å². The summed E-state index contributed by atoms with van der Waals surface area (Å²) in [5, 5.41) is 2.55. The van der Waals surface area contributed by atoms with Crippen LogP contribution < -0.4 is 0 Å². The number of rotatable bonds is 2. The number of amides is 1. The van der Waals surface area contributed by atoms with Gasteiger partial charge in [-0.15, -0.1) is 11.3 Å². The van der Waals surface area contributed by atoms with Gasteiger partial charge < -0.3 is 9.32 Å². The third-order valence-electron chi connectivity index (χ3n) is 3.87. The van der Waals surface area contributed by atoms with Crippen LogP contribution in [0.2, 0.25) is 0 Å². The largest absolute Gasteiger partial charge is 0.462 e. The number of hydrogen-bond donors (Lipinski definition) is 0. The van der Waals surface area contributed by atoms with E-state index in [1.165, 1.54) is 22.5 Å². The van der Waals surface area contributed by atoms with Crippen molar-refractivity contribution in [2.45, 2.75) is 13.0 Å². The molecule has 1 amide bonds. The standard InChI is InChI=1S/C17H14N2O2S/c20-17(14-11-22-16(18-14)15-6-3-9-21-15)19-8-7-12-4-1-2-5-13(12)10-19/h1-6,9,11H,7-8,10H2. The number of benzene rings is 1. The minimum absolute atomic E-state index is 0.0106. The van der Waals surface area contributed by atoms with Gasteiger partial charge in [0, 0.05) is 18.5 Å². The molecule has 5 heteroatoms. The van der Waals surface area contributed by atoms with Gasteiger partial charge in [0.1, 0.15) is 5.69 Å². The van der Waals surface area contributed by atoms with Gasteiger partial charge in [-0.3, -0.25) is 4.79 Å². The lowest BCUT2D eigenvalue weighted by molar-refractivity contribution is 0.0729. The summed E-state index contributed by atoms with van der Waals surface area (Å²) in [7, 11) is 0. The number of thiazole rings is 1. The molecular weight excluding hydrogens is 296 g/mol. The zero-order valence-electron chi connectivity index (χ0n) is 11.9. The average molecular weight is 310 g/mol. The summed E-state index contributed by atoms with van der Waals surface area (Å²) in [5.41, 5.74) is 3.06. The molecule has 1 aliphatic rings. The molecule has 1 aromatic carbocycles. The molecular formula is C17H14N2O2S. The molecule has 0 bridgehead atoms. The summed E-state index contributed by atoms with van der Waals surface area (Å²) in [6.07, 6.45) is 2.51. The van der Waals surface area contributed by atoms with E-state index in [4.69, 9.17) is 4.42 Å². The summed E-state index contributed by atoms with van der Waals surface area (Å²) in [4.78, 5) is 18.9. The van der Waals surface area contributed by atoms with Crippen LogP contribution in [0.4, 0.5) is 0 Å². The molecule has 4 rings (SSSR count). The van der Waals surface area contributed by atoms with E-state index in [2.05, 4.69) is 17.1 Å². The van der Waals surface area contributed by atoms with E-state index < -0.39 is 0 Å². The second kappa shape index (κ2) is 5.42. The molecule has 4 nitrogen and oxygen atoms in total. The van der Waals surface area contributed by atoms with Gasteiger partial charge in [0.25, 0.3) is 5.91 Å². The molecule has 22 heavy (non-hydrogen) atoms. The van der Waals surface area contributed by atoms with Crippen molar-refractivity contribution in [2.24, 2.45) is 0 Å². The Kier molecular flexibility index (Phi) is 3.27. The highest BCUT2D eigenvalue weighted by atomic mass is 32.1. The Balaban J connectivity index is 1.56. The molecule has 110 valence electrons. The third kappa shape index (κ3) is 2.33. The van der Waals surface area contributed by atoms with E-state index in [9.17, 15) is 4.79 Å². The molecule has 3 aromatic rings. The fourth-order valence-corrected chi connectivity index (χ4v) is 3.48. The zero-order valence-corrected chi connectivity index (χ0v) is 12.7. The van der Waals surface area contributed by atoms with Crippen LogP contribution in [0.25, 0.3) is 10.8 Å². The second-order valence-electron chi connectivity index (χ2n) is 5.26. The molecule has 2 aromatic heterocycles. The van der Waals surface area contributed by atoms with E-state index in [0.717, 1.165) is 18.0 Å². The highest BCUT2D eigenvalue weighted by Gasteiger charge is 2.23. The summed E-state index contributed by atoms with van der Waals surface area (Å²) in [6.45, 7) is 1.39. The van der Waals surface area contributed by atoms with Crippen molar-refractivity contribution in [3.63, 3.8) is 0 Å². The Labute approximate surface area is 132 Å². The Morgan fingerprint density at radius 1 is 1.18 bits per heavy atom. The predicted octanol–water partition coefficient (Wildman–Crippen LogP) is 3.60. The maximum absolute atomic E-state index is 12.6. The van der Waals surface area contributed by atoms with Crippen LogP contribution >= 0.6 is 11.3 Å². The van der Waals surface area contributed by atoms with Crippen molar-refractivity contribution in [2.75, 3.05) is 6.54 Å². The summed E-state index contributed by atoms with van der Waals surface area (Å²) in [5.74, 6) is 0.691. The van der Waals surface area contributed by atoms with Gasteiger partial charge in [-0.05, 0) is 29.7 Å². The Hall–Kier alpha value is -2.40. The van der Waals surface area contributed by atoms with Crippen LogP contribution in [0, 0.1) is 0 Å². The van der Waals surface area contributed by atoms with Crippen molar-refractivity contribution in [1.82, 2.24) is 9.88 Å². The van der Waals surface area contributed by atoms with Crippen molar-refractivity contribution < 1.29 is 9.21 Å². The zero-order chi connectivity index (χ0) is 14.9. The highest BCUT2D eigenvalue weighted by Crippen LogP contribution is 2.26. The number of nitrogens with zero attached hydrogens (tertiary/aromatic N) is 2. The number of hydrogen-bond acceptors (Lipinski definition) is 4. The van der Waals surface area contributed by atoms with E-state index >= 15 is 0 Å². The van der Waals surface area contributed by atoms with Crippen LogP contribution in [0.1, 0.15) is 21.6 Å². The van der Waals surface area contributed by atoms with E-state index in [0.29, 0.717) is 18.0 Å². The Morgan fingerprint density at radius 3 is 2.86 bits per heavy atom. The maximum Gasteiger partial charge on any atom is 0.273 e. The molecule has 0 radical (unpaired) electrons. The Morgan fingerprint density at radius 2 is 2.05 bits per heavy atom. The van der Waals surface area contributed by atoms with Crippen molar-refractivity contribution >= 4 is 17.2 Å². The number of aromatic nitrogens is 1. The first-order valence-corrected chi connectivity index (χ1v) is 8.05. The average Bonchev–Trinajstić information content (AvgIpc) is 3.24. The molecule has 3 heterocycles. The van der Waals surface area contributed by atoms with Crippen molar-refractivity contribution in [1.29, 1.82) is 0 Å². The van der Waals surface area contributed by atoms with Gasteiger partial charge in [0.15, 0.2) is 10.8 Å². The van der Waals surface area contributed by atoms with Crippen LogP contribution in [-0.4, -0.2) is 22.3 Å². The summed E-state index contributed by atoms with van der Waals surface area (Å²) >= 11 is 1.43. The predicted molar refractivity (Wildman–Crippen MR) is 84.7 cm³/mol. The molecule has 1 aliphatic heterocycles. The lowest BCUT2D eigenvalue weighted by Crippen LogP contribution is -2.36. The second-order valence-corrected chi connectivity index (χ2v) is 6.12. The minimum Gasteiger partial charge on any atom is -0.462 e. The monoisotopic (exact) mass is 310 g/mol. The lowest BCUT2D eigenvalue weighted by atomic mass is 10.00. The topological polar surface area (TPSA) is 46.3 Å². The summed E-state index contributed by atoms with van der Waals surface area (Å²) < 4.78 is 5.33. The van der Waals surface area contributed by atoms with Crippen LogP contribution in [0.15, 0.2) is 52.5 Å². The van der Waals surface area contributed by atoms with Gasteiger partial charge in [-0.25, -0.2) is 4.98 Å². The van der Waals surface area contributed by atoms with Gasteiger partial charge >= 0.3 is 0 Å². The molecule has 0 atom stereocenters. The highest BCUT2D eigenvalue weighted by molar-refractivity contribution is 7.13. The molecule has 0 N–H and O–H groups in total. The molecule has 0 unspecified atom stereocenters. The van der Waals surface area contributed by atoms with Crippen LogP contribution in [-0.2, 0) is 13.0 Å². The summed E-state index contributed by atoms with van der Waals surface area (Å²) in [6, 6.07) is 12.0. The molecule has 0 saturated carbocycles. The van der Waals surface area contributed by atoms with Crippen molar-refractivity contribution in [3.05, 3.63) is 64.9 Å². The van der Waals surface area contributed by atoms with Gasteiger partial charge in [-0.1, -0.05) is 24.3 Å². The molecule has 0 spiro atoms. The van der Waals surface area contributed by atoms with E-state index in [-0.39, 0.29) is 5.91 Å². The maximum atomic E-state index is 12.6. The SMILES string of the molecule is O=C(c1csc(-c2ccco2)n1)N1CCc2ccccc2C1. The van der Waals surface area contributed by atoms with E-state index in [1.807, 2.05) is 29.2 Å². The number of carbonyl (C=O) groups excluding carboxylic acids is 1. The number of carbonyl (C=O) groups is 1. The minimum atomic E-state index is -0.0106. The fraction of sp³-hybridized carbons (Fsp3) is 0.176. The number of furan rings is 1. The van der Waals surface area contributed by atoms with Gasteiger partial charge in [0.05, 0.1) is 6.26 Å². The van der Waals surface area contributed by atoms with Crippen LogP contribution in [0.3, 0.4) is 0 Å². The molecule has 0 fully saturated rings. The number of fused-ring (bicyclic) bond motifs is 1. The first-order valence-electron chi connectivity index (χ1n) is 7.17. The third-order valence-corrected chi connectivity index (χ3v) is 4.73. The van der Waals surface area contributed by atoms with E-state index in [1.54, 1.807) is 11.6 Å². The Bertz CT molecular complexity index is 808. The van der Waals surface area contributed by atoms with Gasteiger partial charge in [-0.2, -0.15) is 0 Å². The van der Waals surface area contributed by atoms with Crippen molar-refractivity contribution in [3.8, 4) is 10.8 Å². The fourth-order valence-electron chi connectivity index (χ4n) is 2.72.